The van der Waals surface area contributed by atoms with Gasteiger partial charge in [0, 0.05) is 12.5 Å². The molecule has 0 unspecified atom stereocenters. The minimum atomic E-state index is -0.564. The van der Waals surface area contributed by atoms with Gasteiger partial charge in [-0.15, -0.1) is 0 Å². The van der Waals surface area contributed by atoms with Gasteiger partial charge in [0.2, 0.25) is 0 Å². The molecular formula is C9H8ClNO3. The number of benzene rings is 1. The molecule has 0 saturated heterocycles. The van der Waals surface area contributed by atoms with Crippen molar-refractivity contribution in [3.63, 3.8) is 0 Å². The maximum absolute atomic E-state index is 10.8. The van der Waals surface area contributed by atoms with Gasteiger partial charge < -0.3 is 0 Å². The molecule has 0 amide bonds. The summed E-state index contributed by atoms with van der Waals surface area (Å²) in [5.41, 5.74) is 0.444. The molecule has 5 heteroatoms. The lowest BCUT2D eigenvalue weighted by atomic mass is 10.1. The summed E-state index contributed by atoms with van der Waals surface area (Å²) in [5.74, 6) is -0.0402. The Morgan fingerprint density at radius 3 is 2.71 bits per heavy atom. The third-order valence-corrected chi connectivity index (χ3v) is 1.98. The quantitative estimate of drug-likeness (QED) is 0.572. The molecule has 0 aliphatic heterocycles. The van der Waals surface area contributed by atoms with Gasteiger partial charge in [-0.25, -0.2) is 0 Å². The van der Waals surface area contributed by atoms with E-state index in [-0.39, 0.29) is 22.9 Å². The van der Waals surface area contributed by atoms with Gasteiger partial charge in [0.25, 0.3) is 5.69 Å². The van der Waals surface area contributed by atoms with E-state index in [0.717, 1.165) is 0 Å². The topological polar surface area (TPSA) is 60.2 Å². The van der Waals surface area contributed by atoms with E-state index in [1.54, 1.807) is 6.07 Å². The van der Waals surface area contributed by atoms with Gasteiger partial charge in [0.15, 0.2) is 0 Å². The molecule has 0 aliphatic rings. The van der Waals surface area contributed by atoms with E-state index in [4.69, 9.17) is 11.6 Å². The van der Waals surface area contributed by atoms with Crippen molar-refractivity contribution in [2.24, 2.45) is 0 Å². The average Bonchev–Trinajstić information content (AvgIpc) is 2.07. The number of rotatable bonds is 3. The predicted octanol–water partition coefficient (Wildman–Crippen LogP) is 2.38. The minimum absolute atomic E-state index is 0.0402. The standard InChI is InChI=1S/C9H8ClNO3/c1-6(12)4-7-2-3-8(10)9(5-7)11(13)14/h2-3,5H,4H2,1H3. The van der Waals surface area contributed by atoms with Crippen LogP contribution < -0.4 is 0 Å². The molecule has 74 valence electrons. The van der Waals surface area contributed by atoms with E-state index >= 15 is 0 Å². The molecule has 0 spiro atoms. The number of hydrogen-bond acceptors (Lipinski definition) is 3. The van der Waals surface area contributed by atoms with Crippen molar-refractivity contribution in [3.05, 3.63) is 38.9 Å². The van der Waals surface area contributed by atoms with E-state index in [9.17, 15) is 14.9 Å². The lowest BCUT2D eigenvalue weighted by Gasteiger charge is -1.99. The van der Waals surface area contributed by atoms with E-state index in [1.165, 1.54) is 19.1 Å². The molecule has 0 atom stereocenters. The molecule has 1 aromatic carbocycles. The maximum Gasteiger partial charge on any atom is 0.288 e. The van der Waals surface area contributed by atoms with E-state index in [1.807, 2.05) is 0 Å². The first-order chi connectivity index (χ1) is 6.50. The van der Waals surface area contributed by atoms with Crippen molar-refractivity contribution in [1.82, 2.24) is 0 Å². The average molecular weight is 214 g/mol. The number of nitro benzene ring substituents is 1. The second-order valence-corrected chi connectivity index (χ2v) is 3.33. The van der Waals surface area contributed by atoms with Crippen LogP contribution in [0.4, 0.5) is 5.69 Å². The van der Waals surface area contributed by atoms with Crippen LogP contribution in [0.25, 0.3) is 0 Å². The zero-order valence-corrected chi connectivity index (χ0v) is 8.25. The summed E-state index contributed by atoms with van der Waals surface area (Å²) < 4.78 is 0. The first kappa shape index (κ1) is 10.7. The molecular weight excluding hydrogens is 206 g/mol. The highest BCUT2D eigenvalue weighted by Crippen LogP contribution is 2.25. The summed E-state index contributed by atoms with van der Waals surface area (Å²) in [6.45, 7) is 1.43. The lowest BCUT2D eigenvalue weighted by Crippen LogP contribution is -1.97. The summed E-state index contributed by atoms with van der Waals surface area (Å²) in [4.78, 5) is 20.7. The number of Topliss-reactive ketones (excluding diaryl/α,β-unsaturated/α-hetero) is 1. The monoisotopic (exact) mass is 213 g/mol. The second kappa shape index (κ2) is 4.19. The molecule has 0 N–H and O–H groups in total. The molecule has 0 aliphatic carbocycles. The summed E-state index contributed by atoms with van der Waals surface area (Å²) >= 11 is 5.60. The van der Waals surface area contributed by atoms with Crippen LogP contribution in [0, 0.1) is 10.1 Å². The van der Waals surface area contributed by atoms with E-state index in [0.29, 0.717) is 5.56 Å². The number of hydrogen-bond donors (Lipinski definition) is 0. The van der Waals surface area contributed by atoms with Gasteiger partial charge >= 0.3 is 0 Å². The molecule has 0 fully saturated rings. The Morgan fingerprint density at radius 1 is 1.57 bits per heavy atom. The molecule has 1 aromatic rings. The SMILES string of the molecule is CC(=O)Cc1ccc(Cl)c([N+](=O)[O-])c1. The predicted molar refractivity (Wildman–Crippen MR) is 52.5 cm³/mol. The minimum Gasteiger partial charge on any atom is -0.300 e. The molecule has 0 saturated carbocycles. The van der Waals surface area contributed by atoms with Crippen molar-refractivity contribution < 1.29 is 9.72 Å². The lowest BCUT2D eigenvalue weighted by molar-refractivity contribution is -0.384. The number of nitrogens with zero attached hydrogens (tertiary/aromatic N) is 1. The third-order valence-electron chi connectivity index (χ3n) is 1.66. The van der Waals surface area contributed by atoms with Crippen molar-refractivity contribution in [2.75, 3.05) is 0 Å². The Labute approximate surface area is 85.6 Å². The zero-order chi connectivity index (χ0) is 10.7. The van der Waals surface area contributed by atoms with Crippen LogP contribution in [0.1, 0.15) is 12.5 Å². The zero-order valence-electron chi connectivity index (χ0n) is 7.49. The van der Waals surface area contributed by atoms with Crippen LogP contribution in [-0.2, 0) is 11.2 Å². The largest absolute Gasteiger partial charge is 0.300 e. The first-order valence-electron chi connectivity index (χ1n) is 3.93. The Balaban J connectivity index is 3.06. The van der Waals surface area contributed by atoms with Crippen molar-refractivity contribution >= 4 is 23.1 Å². The van der Waals surface area contributed by atoms with Crippen LogP contribution in [0.3, 0.4) is 0 Å². The molecule has 0 heterocycles. The second-order valence-electron chi connectivity index (χ2n) is 2.92. The van der Waals surface area contributed by atoms with Gasteiger partial charge in [-0.1, -0.05) is 17.7 Å². The van der Waals surface area contributed by atoms with Crippen LogP contribution in [-0.4, -0.2) is 10.7 Å². The molecule has 14 heavy (non-hydrogen) atoms. The molecule has 4 nitrogen and oxygen atoms in total. The number of carbonyl (C=O) groups excluding carboxylic acids is 1. The van der Waals surface area contributed by atoms with Crippen LogP contribution in [0.15, 0.2) is 18.2 Å². The van der Waals surface area contributed by atoms with Gasteiger partial charge in [-0.2, -0.15) is 0 Å². The van der Waals surface area contributed by atoms with Gasteiger partial charge in [-0.3, -0.25) is 14.9 Å². The summed E-state index contributed by atoms with van der Waals surface area (Å²) in [6, 6.07) is 4.36. The van der Waals surface area contributed by atoms with Gasteiger partial charge in [-0.05, 0) is 18.6 Å². The maximum atomic E-state index is 10.8. The summed E-state index contributed by atoms with van der Waals surface area (Å²) in [7, 11) is 0. The molecule has 0 aromatic heterocycles. The van der Waals surface area contributed by atoms with Gasteiger partial charge in [0.1, 0.15) is 10.8 Å². The number of halogens is 1. The van der Waals surface area contributed by atoms with E-state index in [2.05, 4.69) is 0 Å². The Hall–Kier alpha value is -1.42. The molecule has 1 rings (SSSR count). The normalized spacial score (nSPS) is 9.86. The number of ketones is 1. The summed E-state index contributed by atoms with van der Waals surface area (Å²) in [5, 5.41) is 10.6. The fourth-order valence-electron chi connectivity index (χ4n) is 1.10. The van der Waals surface area contributed by atoms with Crippen LogP contribution in [0.2, 0.25) is 5.02 Å². The highest BCUT2D eigenvalue weighted by Gasteiger charge is 2.12. The Morgan fingerprint density at radius 2 is 2.21 bits per heavy atom. The Kier molecular flexibility index (Phi) is 3.19. The fourth-order valence-corrected chi connectivity index (χ4v) is 1.28. The van der Waals surface area contributed by atoms with Crippen LogP contribution >= 0.6 is 11.6 Å². The van der Waals surface area contributed by atoms with Crippen molar-refractivity contribution in [2.45, 2.75) is 13.3 Å². The Bertz CT molecular complexity index is 390. The van der Waals surface area contributed by atoms with Gasteiger partial charge in [0.05, 0.1) is 4.92 Å². The smallest absolute Gasteiger partial charge is 0.288 e. The fraction of sp³-hybridized carbons (Fsp3) is 0.222. The first-order valence-corrected chi connectivity index (χ1v) is 4.30. The highest BCUT2D eigenvalue weighted by molar-refractivity contribution is 6.32. The van der Waals surface area contributed by atoms with E-state index < -0.39 is 4.92 Å². The molecule has 0 radical (unpaired) electrons. The number of carbonyl (C=O) groups is 1. The summed E-state index contributed by atoms with van der Waals surface area (Å²) in [6.07, 6.45) is 0.192. The van der Waals surface area contributed by atoms with Crippen LogP contribution in [0.5, 0.6) is 0 Å². The van der Waals surface area contributed by atoms with Crippen molar-refractivity contribution in [1.29, 1.82) is 0 Å². The highest BCUT2D eigenvalue weighted by atomic mass is 35.5. The number of nitro groups is 1. The third kappa shape index (κ3) is 2.53. The van der Waals surface area contributed by atoms with Crippen molar-refractivity contribution in [3.8, 4) is 0 Å². The molecule has 0 bridgehead atoms.